The lowest BCUT2D eigenvalue weighted by molar-refractivity contribution is -0.00419. The molecular weight excluding hydrogens is 356 g/mol. The van der Waals surface area contributed by atoms with Crippen molar-refractivity contribution in [3.8, 4) is 0 Å². The molecule has 0 saturated carbocycles. The molecule has 0 bridgehead atoms. The number of aryl methyl sites for hydroxylation is 3. The van der Waals surface area contributed by atoms with Crippen LogP contribution in [0.25, 0.3) is 10.3 Å². The highest BCUT2D eigenvalue weighted by Gasteiger charge is 2.20. The van der Waals surface area contributed by atoms with E-state index in [1.807, 2.05) is 20.8 Å². The molecule has 0 aliphatic carbocycles. The number of hydrogen-bond donors (Lipinski definition) is 0. The fourth-order valence-corrected chi connectivity index (χ4v) is 4.50. The molecule has 142 valence electrons. The molecule has 27 heavy (non-hydrogen) atoms. The van der Waals surface area contributed by atoms with Crippen LogP contribution in [-0.2, 0) is 17.9 Å². The van der Waals surface area contributed by atoms with Crippen molar-refractivity contribution in [1.29, 1.82) is 0 Å². The molecule has 3 aromatic heterocycles. The number of fused-ring (bicyclic) bond motifs is 1. The third kappa shape index (κ3) is 4.69. The minimum atomic E-state index is 0.339. The van der Waals surface area contributed by atoms with E-state index in [9.17, 15) is 0 Å². The number of pyridine rings is 2. The number of thiazole rings is 1. The maximum Gasteiger partial charge on any atom is 0.170 e. The highest BCUT2D eigenvalue weighted by Crippen LogP contribution is 2.22. The average Bonchev–Trinajstić information content (AvgIpc) is 3.00. The van der Waals surface area contributed by atoms with Gasteiger partial charge in [0.25, 0.3) is 0 Å². The molecule has 0 spiro atoms. The zero-order valence-corrected chi connectivity index (χ0v) is 17.1. The summed E-state index contributed by atoms with van der Waals surface area (Å²) < 4.78 is 7.33. The first-order valence-corrected chi connectivity index (χ1v) is 10.4. The Morgan fingerprint density at radius 3 is 2.52 bits per heavy atom. The van der Waals surface area contributed by atoms with Gasteiger partial charge in [0.2, 0.25) is 0 Å². The van der Waals surface area contributed by atoms with Crippen molar-refractivity contribution in [3.05, 3.63) is 51.9 Å². The standard InChI is InChI=1S/C21H26N4OS/c1-14-10-17(11-15(2)22-14)13-26-19-6-8-25(9-7-19)12-18-4-5-20-21(24-18)23-16(3)27-20/h4-5,10-11,19H,6-9,12-13H2,1-3H3. The lowest BCUT2D eigenvalue weighted by atomic mass is 10.1. The van der Waals surface area contributed by atoms with Crippen LogP contribution in [0.5, 0.6) is 0 Å². The summed E-state index contributed by atoms with van der Waals surface area (Å²) in [6.07, 6.45) is 2.48. The average molecular weight is 383 g/mol. The number of hydrogen-bond acceptors (Lipinski definition) is 6. The van der Waals surface area contributed by atoms with Gasteiger partial charge in [-0.3, -0.25) is 9.88 Å². The van der Waals surface area contributed by atoms with Crippen LogP contribution in [0, 0.1) is 20.8 Å². The summed E-state index contributed by atoms with van der Waals surface area (Å²) in [6, 6.07) is 8.52. The van der Waals surface area contributed by atoms with Crippen LogP contribution in [0.2, 0.25) is 0 Å². The van der Waals surface area contributed by atoms with Crippen molar-refractivity contribution in [3.63, 3.8) is 0 Å². The van der Waals surface area contributed by atoms with Crippen molar-refractivity contribution in [2.24, 2.45) is 0 Å². The Kier molecular flexibility index (Phi) is 5.48. The van der Waals surface area contributed by atoms with E-state index in [4.69, 9.17) is 9.72 Å². The molecule has 1 aliphatic heterocycles. The van der Waals surface area contributed by atoms with Gasteiger partial charge in [-0.1, -0.05) is 0 Å². The molecular formula is C21H26N4OS. The Labute approximate surface area is 164 Å². The Bertz CT molecular complexity index is 911. The maximum absolute atomic E-state index is 6.16. The van der Waals surface area contributed by atoms with E-state index in [-0.39, 0.29) is 0 Å². The van der Waals surface area contributed by atoms with Crippen LogP contribution in [-0.4, -0.2) is 39.0 Å². The van der Waals surface area contributed by atoms with E-state index in [0.29, 0.717) is 12.7 Å². The molecule has 6 heteroatoms. The maximum atomic E-state index is 6.16. The second kappa shape index (κ2) is 8.00. The SMILES string of the molecule is Cc1cc(COC2CCN(Cc3ccc4sc(C)nc4n3)CC2)cc(C)n1. The van der Waals surface area contributed by atoms with Gasteiger partial charge < -0.3 is 4.74 Å². The first-order chi connectivity index (χ1) is 13.0. The molecule has 1 saturated heterocycles. The summed E-state index contributed by atoms with van der Waals surface area (Å²) >= 11 is 1.70. The third-order valence-electron chi connectivity index (χ3n) is 4.97. The van der Waals surface area contributed by atoms with Gasteiger partial charge in [0.15, 0.2) is 5.65 Å². The van der Waals surface area contributed by atoms with Crippen LogP contribution in [0.1, 0.15) is 40.5 Å². The third-order valence-corrected chi connectivity index (χ3v) is 5.89. The number of aromatic nitrogens is 3. The van der Waals surface area contributed by atoms with Gasteiger partial charge in [-0.15, -0.1) is 11.3 Å². The quantitative estimate of drug-likeness (QED) is 0.662. The molecule has 1 fully saturated rings. The highest BCUT2D eigenvalue weighted by atomic mass is 32.1. The smallest absolute Gasteiger partial charge is 0.170 e. The molecule has 4 heterocycles. The lowest BCUT2D eigenvalue weighted by Gasteiger charge is -2.31. The molecule has 0 N–H and O–H groups in total. The zero-order valence-electron chi connectivity index (χ0n) is 16.2. The summed E-state index contributed by atoms with van der Waals surface area (Å²) in [5, 5.41) is 1.08. The van der Waals surface area contributed by atoms with E-state index >= 15 is 0 Å². The second-order valence-electron chi connectivity index (χ2n) is 7.40. The number of rotatable bonds is 5. The van der Waals surface area contributed by atoms with Crippen LogP contribution < -0.4 is 0 Å². The Hall–Kier alpha value is -1.89. The number of nitrogens with zero attached hydrogens (tertiary/aromatic N) is 4. The zero-order chi connectivity index (χ0) is 18.8. The molecule has 0 unspecified atom stereocenters. The van der Waals surface area contributed by atoms with E-state index in [0.717, 1.165) is 60.2 Å². The number of likely N-dealkylation sites (tertiary alicyclic amines) is 1. The fraction of sp³-hybridized carbons (Fsp3) is 0.476. The van der Waals surface area contributed by atoms with E-state index in [1.54, 1.807) is 11.3 Å². The summed E-state index contributed by atoms with van der Waals surface area (Å²) in [5.41, 5.74) is 5.33. The van der Waals surface area contributed by atoms with Gasteiger partial charge in [0, 0.05) is 31.0 Å². The Morgan fingerprint density at radius 2 is 1.78 bits per heavy atom. The molecule has 0 radical (unpaired) electrons. The molecule has 4 rings (SSSR count). The number of piperidine rings is 1. The fourth-order valence-electron chi connectivity index (χ4n) is 3.74. The first-order valence-electron chi connectivity index (χ1n) is 9.56. The summed E-state index contributed by atoms with van der Waals surface area (Å²) in [7, 11) is 0. The highest BCUT2D eigenvalue weighted by molar-refractivity contribution is 7.18. The van der Waals surface area contributed by atoms with Crippen molar-refractivity contribution in [2.75, 3.05) is 13.1 Å². The van der Waals surface area contributed by atoms with Gasteiger partial charge in [-0.25, -0.2) is 9.97 Å². The lowest BCUT2D eigenvalue weighted by Crippen LogP contribution is -2.36. The van der Waals surface area contributed by atoms with E-state index in [1.165, 1.54) is 10.3 Å². The Balaban J connectivity index is 1.28. The van der Waals surface area contributed by atoms with Crippen molar-refractivity contribution < 1.29 is 4.74 Å². The number of ether oxygens (including phenoxy) is 1. The molecule has 0 amide bonds. The summed E-state index contributed by atoms with van der Waals surface area (Å²) in [6.45, 7) is 9.77. The predicted molar refractivity (Wildman–Crippen MR) is 109 cm³/mol. The van der Waals surface area contributed by atoms with Crippen molar-refractivity contribution in [2.45, 2.75) is 52.9 Å². The second-order valence-corrected chi connectivity index (χ2v) is 8.64. The molecule has 5 nitrogen and oxygen atoms in total. The van der Waals surface area contributed by atoms with E-state index in [2.05, 4.69) is 39.1 Å². The van der Waals surface area contributed by atoms with Crippen LogP contribution >= 0.6 is 11.3 Å². The topological polar surface area (TPSA) is 51.1 Å². The van der Waals surface area contributed by atoms with Crippen molar-refractivity contribution >= 4 is 21.7 Å². The van der Waals surface area contributed by atoms with Gasteiger partial charge in [-0.2, -0.15) is 0 Å². The van der Waals surface area contributed by atoms with Gasteiger partial charge in [0.05, 0.1) is 28.1 Å². The van der Waals surface area contributed by atoms with Gasteiger partial charge >= 0.3 is 0 Å². The summed E-state index contributed by atoms with van der Waals surface area (Å²) in [5.74, 6) is 0. The van der Waals surface area contributed by atoms with Gasteiger partial charge in [-0.05, 0) is 63.4 Å². The molecule has 3 aromatic rings. The van der Waals surface area contributed by atoms with Crippen LogP contribution in [0.15, 0.2) is 24.3 Å². The minimum absolute atomic E-state index is 0.339. The van der Waals surface area contributed by atoms with Crippen LogP contribution in [0.4, 0.5) is 0 Å². The first kappa shape index (κ1) is 18.5. The Morgan fingerprint density at radius 1 is 1.04 bits per heavy atom. The minimum Gasteiger partial charge on any atom is -0.373 e. The molecule has 1 aliphatic rings. The monoisotopic (exact) mass is 382 g/mol. The van der Waals surface area contributed by atoms with E-state index < -0.39 is 0 Å². The van der Waals surface area contributed by atoms with Crippen molar-refractivity contribution in [1.82, 2.24) is 19.9 Å². The molecule has 0 atom stereocenters. The van der Waals surface area contributed by atoms with Crippen LogP contribution in [0.3, 0.4) is 0 Å². The summed E-state index contributed by atoms with van der Waals surface area (Å²) in [4.78, 5) is 16.1. The largest absolute Gasteiger partial charge is 0.373 e. The van der Waals surface area contributed by atoms with Gasteiger partial charge in [0.1, 0.15) is 0 Å². The predicted octanol–water partition coefficient (Wildman–Crippen LogP) is 4.19. The molecule has 0 aromatic carbocycles. The normalized spacial score (nSPS) is 16.3.